The van der Waals surface area contributed by atoms with Crippen molar-refractivity contribution in [3.63, 3.8) is 0 Å². The first-order chi connectivity index (χ1) is 5.90. The van der Waals surface area contributed by atoms with Crippen molar-refractivity contribution in [2.24, 2.45) is 0 Å². The number of H-pyrrole nitrogens is 1. The first-order valence-corrected chi connectivity index (χ1v) is 4.96. The molecule has 2 nitrogen and oxygen atoms in total. The van der Waals surface area contributed by atoms with Gasteiger partial charge < -0.3 is 4.98 Å². The van der Waals surface area contributed by atoms with Gasteiger partial charge in [0, 0.05) is 0 Å². The van der Waals surface area contributed by atoms with Crippen molar-refractivity contribution in [2.75, 3.05) is 5.75 Å². The average molecular weight is 259 g/mol. The number of hydrogen-bond acceptors (Lipinski definition) is 2. The smallest absolute Gasteiger partial charge is 0.166 e. The molecule has 1 aromatic carbocycles. The van der Waals surface area contributed by atoms with Gasteiger partial charge >= 0.3 is 0 Å². The monoisotopic (exact) mass is 258 g/mol. The number of nitrogens with zero attached hydrogens (tertiary/aromatic N) is 1. The lowest BCUT2D eigenvalue weighted by molar-refractivity contribution is 1.08. The predicted octanol–water partition coefficient (Wildman–Crippen LogP) is 3.25. The number of thioether (sulfide) groups is 1. The molecule has 0 saturated heterocycles. The van der Waals surface area contributed by atoms with Crippen LogP contribution in [0.3, 0.4) is 0 Å². The van der Waals surface area contributed by atoms with Crippen molar-refractivity contribution >= 4 is 39.8 Å². The number of imidazole rings is 1. The van der Waals surface area contributed by atoms with Crippen LogP contribution in [0.4, 0.5) is 0 Å². The summed E-state index contributed by atoms with van der Waals surface area (Å²) in [4.78, 5) is 7.66. The zero-order valence-corrected chi connectivity index (χ0v) is 9.81. The normalized spacial score (nSPS) is 9.92. The van der Waals surface area contributed by atoms with Crippen molar-refractivity contribution in [1.29, 1.82) is 0 Å². The van der Waals surface area contributed by atoms with Gasteiger partial charge in [0.15, 0.2) is 5.16 Å². The number of aromatic nitrogens is 2. The molecule has 0 bridgehead atoms. The molecule has 0 spiro atoms. The number of nitrogens with one attached hydrogen (secondary N) is 1. The molecule has 0 fully saturated rings. The average Bonchev–Trinajstić information content (AvgIpc) is 2.47. The highest BCUT2D eigenvalue weighted by Gasteiger charge is 1.99. The van der Waals surface area contributed by atoms with Gasteiger partial charge in [0.1, 0.15) is 0 Å². The lowest BCUT2D eigenvalue weighted by Gasteiger charge is -1.86. The Morgan fingerprint density at radius 3 is 2.85 bits per heavy atom. The second kappa shape index (κ2) is 4.67. The highest BCUT2D eigenvalue weighted by atomic mass is 79.9. The Labute approximate surface area is 91.9 Å². The minimum absolute atomic E-state index is 0. The second-order valence-corrected chi connectivity index (χ2v) is 3.74. The summed E-state index contributed by atoms with van der Waals surface area (Å²) in [7, 11) is 0. The van der Waals surface area contributed by atoms with Gasteiger partial charge in [0.05, 0.1) is 11.0 Å². The molecule has 1 N–H and O–H groups in total. The van der Waals surface area contributed by atoms with Gasteiger partial charge in [-0.15, -0.1) is 17.0 Å². The van der Waals surface area contributed by atoms with E-state index in [0.717, 1.165) is 21.9 Å². The largest absolute Gasteiger partial charge is 0.333 e. The first-order valence-electron chi connectivity index (χ1n) is 3.97. The number of para-hydroxylation sites is 2. The second-order valence-electron chi connectivity index (χ2n) is 2.49. The number of fused-ring (bicyclic) bond motifs is 1. The van der Waals surface area contributed by atoms with Gasteiger partial charge in [-0.05, 0) is 17.9 Å². The number of rotatable bonds is 2. The van der Waals surface area contributed by atoms with Gasteiger partial charge in [0.25, 0.3) is 0 Å². The quantitative estimate of drug-likeness (QED) is 0.838. The maximum atomic E-state index is 4.41. The zero-order valence-electron chi connectivity index (χ0n) is 7.28. The highest BCUT2D eigenvalue weighted by Crippen LogP contribution is 2.18. The molecule has 0 amide bonds. The summed E-state index contributed by atoms with van der Waals surface area (Å²) < 4.78 is 0. The Hall–Kier alpha value is -0.480. The van der Waals surface area contributed by atoms with Crippen LogP contribution < -0.4 is 0 Å². The molecule has 13 heavy (non-hydrogen) atoms. The van der Waals surface area contributed by atoms with Crippen LogP contribution >= 0.6 is 28.7 Å². The summed E-state index contributed by atoms with van der Waals surface area (Å²) in [6.45, 7) is 2.12. The SMILES string of the molecule is Br.CCSc1nc2ccccc2[nH]1. The third kappa shape index (κ3) is 2.25. The topological polar surface area (TPSA) is 28.7 Å². The zero-order chi connectivity index (χ0) is 8.39. The molecule has 0 radical (unpaired) electrons. The summed E-state index contributed by atoms with van der Waals surface area (Å²) in [6, 6.07) is 8.08. The van der Waals surface area contributed by atoms with Crippen LogP contribution in [0, 0.1) is 0 Å². The van der Waals surface area contributed by atoms with E-state index in [9.17, 15) is 0 Å². The third-order valence-corrected chi connectivity index (χ3v) is 2.40. The van der Waals surface area contributed by atoms with Crippen LogP contribution in [0.5, 0.6) is 0 Å². The lowest BCUT2D eigenvalue weighted by Crippen LogP contribution is -1.73. The highest BCUT2D eigenvalue weighted by molar-refractivity contribution is 8.93. The van der Waals surface area contributed by atoms with Crippen molar-refractivity contribution in [1.82, 2.24) is 9.97 Å². The molecule has 2 rings (SSSR count). The van der Waals surface area contributed by atoms with Gasteiger partial charge in [-0.25, -0.2) is 4.98 Å². The maximum absolute atomic E-state index is 4.41. The van der Waals surface area contributed by atoms with E-state index in [2.05, 4.69) is 16.9 Å². The number of benzene rings is 1. The summed E-state index contributed by atoms with van der Waals surface area (Å²) in [5, 5.41) is 1.01. The maximum Gasteiger partial charge on any atom is 0.166 e. The fourth-order valence-electron chi connectivity index (χ4n) is 1.13. The van der Waals surface area contributed by atoms with E-state index >= 15 is 0 Å². The number of hydrogen-bond donors (Lipinski definition) is 1. The molecule has 1 heterocycles. The van der Waals surface area contributed by atoms with Crippen molar-refractivity contribution in [3.05, 3.63) is 24.3 Å². The van der Waals surface area contributed by atoms with E-state index in [1.54, 1.807) is 11.8 Å². The molecule has 4 heteroatoms. The molecule has 2 aromatic rings. The van der Waals surface area contributed by atoms with E-state index in [1.807, 2.05) is 24.3 Å². The standard InChI is InChI=1S/C9H10N2S.BrH/c1-2-12-9-10-7-5-3-4-6-8(7)11-9;/h3-6H,2H2,1H3,(H,10,11);1H. The van der Waals surface area contributed by atoms with Crippen LogP contribution in [-0.2, 0) is 0 Å². The predicted molar refractivity (Wildman–Crippen MR) is 62.8 cm³/mol. The van der Waals surface area contributed by atoms with Gasteiger partial charge in [-0.1, -0.05) is 30.8 Å². The van der Waals surface area contributed by atoms with Crippen LogP contribution in [0.25, 0.3) is 11.0 Å². The molecule has 0 saturated carbocycles. The summed E-state index contributed by atoms with van der Waals surface area (Å²) in [6.07, 6.45) is 0. The molecule has 0 aliphatic rings. The van der Waals surface area contributed by atoms with Crippen molar-refractivity contribution in [2.45, 2.75) is 12.1 Å². The third-order valence-electron chi connectivity index (χ3n) is 1.65. The fourth-order valence-corrected chi connectivity index (χ4v) is 1.75. The summed E-state index contributed by atoms with van der Waals surface area (Å²) in [5.41, 5.74) is 2.17. The van der Waals surface area contributed by atoms with Gasteiger partial charge in [-0.2, -0.15) is 0 Å². The molecule has 0 aliphatic heterocycles. The minimum Gasteiger partial charge on any atom is -0.333 e. The Bertz CT molecular complexity index is 353. The Kier molecular flexibility index (Phi) is 3.81. The van der Waals surface area contributed by atoms with E-state index in [4.69, 9.17) is 0 Å². The van der Waals surface area contributed by atoms with E-state index in [1.165, 1.54) is 0 Å². The molecular weight excluding hydrogens is 248 g/mol. The van der Waals surface area contributed by atoms with Gasteiger partial charge in [-0.3, -0.25) is 0 Å². The molecule has 0 atom stereocenters. The molecule has 70 valence electrons. The summed E-state index contributed by atoms with van der Waals surface area (Å²) >= 11 is 1.73. The number of aromatic amines is 1. The van der Waals surface area contributed by atoms with Crippen LogP contribution in [0.2, 0.25) is 0 Å². The molecule has 0 aliphatic carbocycles. The molecule has 0 unspecified atom stereocenters. The van der Waals surface area contributed by atoms with Crippen molar-refractivity contribution < 1.29 is 0 Å². The van der Waals surface area contributed by atoms with Crippen molar-refractivity contribution in [3.8, 4) is 0 Å². The summed E-state index contributed by atoms with van der Waals surface area (Å²) in [5.74, 6) is 1.06. The molecular formula is C9H11BrN2S. The Morgan fingerprint density at radius 2 is 2.15 bits per heavy atom. The van der Waals surface area contributed by atoms with E-state index in [0.29, 0.717) is 0 Å². The molecule has 1 aromatic heterocycles. The Balaban J connectivity index is 0.000000845. The van der Waals surface area contributed by atoms with Crippen LogP contribution in [0.1, 0.15) is 6.92 Å². The lowest BCUT2D eigenvalue weighted by atomic mass is 10.3. The first kappa shape index (κ1) is 10.6. The van der Waals surface area contributed by atoms with Crippen LogP contribution in [-0.4, -0.2) is 15.7 Å². The van der Waals surface area contributed by atoms with E-state index < -0.39 is 0 Å². The number of halogens is 1. The van der Waals surface area contributed by atoms with E-state index in [-0.39, 0.29) is 17.0 Å². The Morgan fingerprint density at radius 1 is 1.38 bits per heavy atom. The fraction of sp³-hybridized carbons (Fsp3) is 0.222. The van der Waals surface area contributed by atoms with Crippen LogP contribution in [0.15, 0.2) is 29.4 Å². The van der Waals surface area contributed by atoms with Gasteiger partial charge in [0.2, 0.25) is 0 Å². The minimum atomic E-state index is 0.